The maximum atomic E-state index is 14.0. The fourth-order valence-corrected chi connectivity index (χ4v) is 6.40. The number of rotatable bonds is 12. The highest BCUT2D eigenvalue weighted by Gasteiger charge is 2.33. The Morgan fingerprint density at radius 2 is 1.59 bits per heavy atom. The molecule has 8 nitrogen and oxygen atoms in total. The molecule has 218 valence electrons. The highest BCUT2D eigenvalue weighted by molar-refractivity contribution is 7.92. The maximum absolute atomic E-state index is 14.0. The topological polar surface area (TPSA) is 96.0 Å². The summed E-state index contributed by atoms with van der Waals surface area (Å²) in [6.45, 7) is 5.69. The van der Waals surface area contributed by atoms with Gasteiger partial charge in [-0.15, -0.1) is 0 Å². The Morgan fingerprint density at radius 3 is 2.20 bits per heavy atom. The minimum absolute atomic E-state index is 0.0368. The van der Waals surface area contributed by atoms with Crippen LogP contribution in [0.3, 0.4) is 0 Å². The number of hydrogen-bond acceptors (Lipinski definition) is 5. The molecule has 4 rings (SSSR count). The van der Waals surface area contributed by atoms with Crippen molar-refractivity contribution in [3.63, 3.8) is 0 Å². The van der Waals surface area contributed by atoms with Crippen molar-refractivity contribution < 1.29 is 22.7 Å². The van der Waals surface area contributed by atoms with Crippen LogP contribution in [0.1, 0.15) is 50.7 Å². The molecule has 1 saturated carbocycles. The fraction of sp³-hybridized carbons (Fsp3) is 0.375. The number of nitrogens with one attached hydrogen (secondary N) is 1. The second-order valence-corrected chi connectivity index (χ2v) is 12.3. The lowest BCUT2D eigenvalue weighted by atomic mass is 10.1. The average Bonchev–Trinajstić information content (AvgIpc) is 3.49. The molecule has 0 saturated heterocycles. The molecule has 0 unspecified atom stereocenters. The fourth-order valence-electron chi connectivity index (χ4n) is 4.99. The first-order chi connectivity index (χ1) is 19.7. The van der Waals surface area contributed by atoms with Crippen molar-refractivity contribution in [1.29, 1.82) is 0 Å². The summed E-state index contributed by atoms with van der Waals surface area (Å²) >= 11 is 0. The van der Waals surface area contributed by atoms with Gasteiger partial charge in [0.05, 0.1) is 17.2 Å². The zero-order valence-corrected chi connectivity index (χ0v) is 24.8. The summed E-state index contributed by atoms with van der Waals surface area (Å²) in [5, 5.41) is 3.09. The van der Waals surface area contributed by atoms with Crippen LogP contribution < -0.4 is 14.4 Å². The summed E-state index contributed by atoms with van der Waals surface area (Å²) in [4.78, 5) is 28.8. The van der Waals surface area contributed by atoms with E-state index in [0.717, 1.165) is 41.1 Å². The monoisotopic (exact) mass is 577 g/mol. The molecule has 1 aliphatic rings. The Labute approximate surface area is 243 Å². The molecule has 1 fully saturated rings. The number of hydrogen-bond donors (Lipinski definition) is 1. The van der Waals surface area contributed by atoms with Gasteiger partial charge in [0.1, 0.15) is 18.3 Å². The molecular weight excluding hydrogens is 538 g/mol. The third-order valence-electron chi connectivity index (χ3n) is 7.39. The number of amides is 2. The van der Waals surface area contributed by atoms with Gasteiger partial charge in [0.15, 0.2) is 0 Å². The number of sulfonamides is 1. The molecule has 3 aromatic rings. The Kier molecular flexibility index (Phi) is 10.0. The number of benzene rings is 3. The lowest BCUT2D eigenvalue weighted by molar-refractivity contribution is -0.139. The molecule has 0 bridgehead atoms. The number of nitrogens with zero attached hydrogens (tertiary/aromatic N) is 2. The molecule has 2 amide bonds. The van der Waals surface area contributed by atoms with Crippen LogP contribution in [0.5, 0.6) is 5.75 Å². The van der Waals surface area contributed by atoms with E-state index in [1.807, 2.05) is 38.1 Å². The summed E-state index contributed by atoms with van der Waals surface area (Å²) in [6, 6.07) is 21.7. The summed E-state index contributed by atoms with van der Waals surface area (Å²) in [5.41, 5.74) is 2.29. The summed E-state index contributed by atoms with van der Waals surface area (Å²) in [5.74, 6) is -0.156. The van der Waals surface area contributed by atoms with E-state index in [4.69, 9.17) is 4.74 Å². The van der Waals surface area contributed by atoms with Gasteiger partial charge in [-0.05, 0) is 75.6 Å². The Bertz CT molecular complexity index is 1400. The third kappa shape index (κ3) is 7.67. The van der Waals surface area contributed by atoms with Crippen LogP contribution in [0, 0.1) is 6.92 Å². The van der Waals surface area contributed by atoms with Crippen molar-refractivity contribution >= 4 is 27.5 Å². The van der Waals surface area contributed by atoms with Gasteiger partial charge in [-0.2, -0.15) is 0 Å². The largest absolute Gasteiger partial charge is 0.494 e. The number of carbonyl (C=O) groups excluding carboxylic acids is 2. The molecule has 0 spiro atoms. The van der Waals surface area contributed by atoms with Crippen LogP contribution in [0.2, 0.25) is 0 Å². The van der Waals surface area contributed by atoms with Gasteiger partial charge in [-0.3, -0.25) is 13.9 Å². The summed E-state index contributed by atoms with van der Waals surface area (Å²) < 4.78 is 34.4. The number of carbonyl (C=O) groups is 2. The molecule has 1 N–H and O–H groups in total. The standard InChI is InChI=1S/C32H39N3O5S/c1-4-40-29-18-20-30(21-19-29)41(38,39)35(28-12-6-5-7-13-28)23-31(36)34(22-26-16-14-24(2)15-17-26)25(3)32(37)33-27-10-8-9-11-27/h5-7,12-21,25,27H,4,8-11,22-23H2,1-3H3,(H,33,37)/t25-/m1/s1. The molecule has 41 heavy (non-hydrogen) atoms. The predicted octanol–water partition coefficient (Wildman–Crippen LogP) is 5.07. The highest BCUT2D eigenvalue weighted by atomic mass is 32.2. The van der Waals surface area contributed by atoms with E-state index in [1.54, 1.807) is 49.4 Å². The minimum atomic E-state index is -4.13. The molecule has 9 heteroatoms. The number of aryl methyl sites for hydroxylation is 1. The maximum Gasteiger partial charge on any atom is 0.264 e. The zero-order valence-electron chi connectivity index (χ0n) is 24.0. The van der Waals surface area contributed by atoms with E-state index in [-0.39, 0.29) is 23.4 Å². The van der Waals surface area contributed by atoms with Gasteiger partial charge in [-0.25, -0.2) is 8.42 Å². The van der Waals surface area contributed by atoms with Crippen LogP contribution in [0.25, 0.3) is 0 Å². The number of anilines is 1. The SMILES string of the molecule is CCOc1ccc(S(=O)(=O)N(CC(=O)N(Cc2ccc(C)cc2)[C@H](C)C(=O)NC2CCCC2)c2ccccc2)cc1. The predicted molar refractivity (Wildman–Crippen MR) is 160 cm³/mol. The summed E-state index contributed by atoms with van der Waals surface area (Å²) in [7, 11) is -4.13. The van der Waals surface area contributed by atoms with Crippen LogP contribution in [-0.2, 0) is 26.2 Å². The van der Waals surface area contributed by atoms with Crippen LogP contribution >= 0.6 is 0 Å². The zero-order chi connectivity index (χ0) is 29.4. The van der Waals surface area contributed by atoms with Crippen molar-refractivity contribution in [1.82, 2.24) is 10.2 Å². The van der Waals surface area contributed by atoms with Crippen molar-refractivity contribution in [3.05, 3.63) is 90.0 Å². The second-order valence-electron chi connectivity index (χ2n) is 10.4. The van der Waals surface area contributed by atoms with Gasteiger partial charge in [0.2, 0.25) is 11.8 Å². The number of para-hydroxylation sites is 1. The third-order valence-corrected chi connectivity index (χ3v) is 9.18. The Hall–Kier alpha value is -3.85. The van der Waals surface area contributed by atoms with Crippen molar-refractivity contribution in [2.24, 2.45) is 0 Å². The van der Waals surface area contributed by atoms with Crippen LogP contribution in [0.4, 0.5) is 5.69 Å². The van der Waals surface area contributed by atoms with Gasteiger partial charge >= 0.3 is 0 Å². The van der Waals surface area contributed by atoms with E-state index in [2.05, 4.69) is 5.32 Å². The smallest absolute Gasteiger partial charge is 0.264 e. The van der Waals surface area contributed by atoms with Gasteiger partial charge in [0.25, 0.3) is 10.0 Å². The van der Waals surface area contributed by atoms with Crippen LogP contribution in [-0.4, -0.2) is 50.4 Å². The lowest BCUT2D eigenvalue weighted by Crippen LogP contribution is -2.52. The Morgan fingerprint density at radius 1 is 0.951 bits per heavy atom. The number of ether oxygens (including phenoxy) is 1. The quantitative estimate of drug-likeness (QED) is 0.325. The molecule has 0 radical (unpaired) electrons. The van der Waals surface area contributed by atoms with E-state index in [9.17, 15) is 18.0 Å². The van der Waals surface area contributed by atoms with Gasteiger partial charge < -0.3 is 15.0 Å². The molecule has 1 aliphatic carbocycles. The molecule has 0 heterocycles. The van der Waals surface area contributed by atoms with E-state index in [1.165, 1.54) is 17.0 Å². The van der Waals surface area contributed by atoms with E-state index < -0.39 is 28.5 Å². The van der Waals surface area contributed by atoms with E-state index >= 15 is 0 Å². The molecule has 1 atom stereocenters. The Balaban J connectivity index is 1.65. The first kappa shape index (κ1) is 30.1. The molecular formula is C32H39N3O5S. The van der Waals surface area contributed by atoms with Gasteiger partial charge in [-0.1, -0.05) is 60.9 Å². The highest BCUT2D eigenvalue weighted by Crippen LogP contribution is 2.26. The average molecular weight is 578 g/mol. The lowest BCUT2D eigenvalue weighted by Gasteiger charge is -2.32. The van der Waals surface area contributed by atoms with Gasteiger partial charge in [0, 0.05) is 12.6 Å². The van der Waals surface area contributed by atoms with Crippen LogP contribution in [0.15, 0.2) is 83.8 Å². The minimum Gasteiger partial charge on any atom is -0.494 e. The molecule has 0 aromatic heterocycles. The first-order valence-electron chi connectivity index (χ1n) is 14.1. The first-order valence-corrected chi connectivity index (χ1v) is 15.6. The van der Waals surface area contributed by atoms with E-state index in [0.29, 0.717) is 18.0 Å². The summed E-state index contributed by atoms with van der Waals surface area (Å²) in [6.07, 6.45) is 3.99. The van der Waals surface area contributed by atoms with Crippen molar-refractivity contribution in [3.8, 4) is 5.75 Å². The second kappa shape index (κ2) is 13.7. The van der Waals surface area contributed by atoms with Crippen molar-refractivity contribution in [2.75, 3.05) is 17.5 Å². The molecule has 0 aliphatic heterocycles. The van der Waals surface area contributed by atoms with Crippen molar-refractivity contribution in [2.45, 2.75) is 70.0 Å². The normalized spacial score (nSPS) is 14.3. The molecule has 3 aromatic carbocycles.